The molecule has 8 heteroatoms. The normalized spacial score (nSPS) is 17.2. The van der Waals surface area contributed by atoms with E-state index in [0.29, 0.717) is 25.3 Å². The Balaban J connectivity index is 1.97. The number of nitro benzene ring substituents is 1. The lowest BCUT2D eigenvalue weighted by Crippen LogP contribution is -2.50. The van der Waals surface area contributed by atoms with Gasteiger partial charge in [-0.2, -0.15) is 0 Å². The number of amides is 2. The van der Waals surface area contributed by atoms with E-state index < -0.39 is 11.0 Å². The molecule has 0 saturated carbocycles. The summed E-state index contributed by atoms with van der Waals surface area (Å²) in [7, 11) is 0. The second kappa shape index (κ2) is 8.28. The average molecular weight is 335 g/mol. The van der Waals surface area contributed by atoms with E-state index in [0.717, 1.165) is 12.8 Å². The van der Waals surface area contributed by atoms with Gasteiger partial charge in [0.15, 0.2) is 0 Å². The standard InChI is InChI=1S/C16H21N3O5/c1-2-24-16(21)17-13-7-5-9-18(11-13)15(20)10-12-6-3-4-8-14(12)19(22)23/h3-4,6,8,13H,2,5,7,9-11H2,1H3,(H,17,21)/t13-/m1/s1. The van der Waals surface area contributed by atoms with Crippen molar-refractivity contribution >= 4 is 17.7 Å². The number of alkyl carbamates (subject to hydrolysis) is 1. The Morgan fingerprint density at radius 3 is 2.88 bits per heavy atom. The summed E-state index contributed by atoms with van der Waals surface area (Å²) in [5.74, 6) is -0.181. The fraction of sp³-hybridized carbons (Fsp3) is 0.500. The molecule has 1 aromatic carbocycles. The molecule has 8 nitrogen and oxygen atoms in total. The number of rotatable bonds is 5. The van der Waals surface area contributed by atoms with Crippen LogP contribution in [0.2, 0.25) is 0 Å². The molecular weight excluding hydrogens is 314 g/mol. The fourth-order valence-corrected chi connectivity index (χ4v) is 2.77. The van der Waals surface area contributed by atoms with E-state index in [2.05, 4.69) is 5.32 Å². The monoisotopic (exact) mass is 335 g/mol. The van der Waals surface area contributed by atoms with Crippen LogP contribution in [-0.4, -0.2) is 47.6 Å². The predicted molar refractivity (Wildman–Crippen MR) is 86.6 cm³/mol. The molecule has 1 heterocycles. The number of carbonyl (C=O) groups is 2. The number of likely N-dealkylation sites (tertiary alicyclic amines) is 1. The largest absolute Gasteiger partial charge is 0.450 e. The zero-order valence-electron chi connectivity index (χ0n) is 13.6. The van der Waals surface area contributed by atoms with Crippen molar-refractivity contribution in [2.45, 2.75) is 32.2 Å². The highest BCUT2D eigenvalue weighted by Gasteiger charge is 2.26. The third kappa shape index (κ3) is 4.68. The first-order chi connectivity index (χ1) is 11.5. The number of piperidine rings is 1. The third-order valence-corrected chi connectivity index (χ3v) is 3.90. The van der Waals surface area contributed by atoms with Crippen LogP contribution in [0.1, 0.15) is 25.3 Å². The molecule has 1 atom stereocenters. The van der Waals surface area contributed by atoms with Gasteiger partial charge in [-0.25, -0.2) is 4.79 Å². The lowest BCUT2D eigenvalue weighted by molar-refractivity contribution is -0.385. The fourth-order valence-electron chi connectivity index (χ4n) is 2.77. The third-order valence-electron chi connectivity index (χ3n) is 3.90. The summed E-state index contributed by atoms with van der Waals surface area (Å²) in [6, 6.07) is 6.08. The van der Waals surface area contributed by atoms with E-state index in [-0.39, 0.29) is 24.1 Å². The maximum absolute atomic E-state index is 12.5. The second-order valence-electron chi connectivity index (χ2n) is 5.61. The predicted octanol–water partition coefficient (Wildman–Crippen LogP) is 1.87. The minimum absolute atomic E-state index is 0.0245. The molecule has 1 aliphatic heterocycles. The van der Waals surface area contributed by atoms with Gasteiger partial charge in [0, 0.05) is 30.8 Å². The SMILES string of the molecule is CCOC(=O)N[C@@H]1CCCN(C(=O)Cc2ccccc2[N+](=O)[O-])C1. The molecule has 0 aromatic heterocycles. The Morgan fingerprint density at radius 1 is 1.42 bits per heavy atom. The number of hydrogen-bond donors (Lipinski definition) is 1. The first-order valence-corrected chi connectivity index (χ1v) is 7.94. The van der Waals surface area contributed by atoms with Gasteiger partial charge < -0.3 is 15.0 Å². The number of nitrogens with one attached hydrogen (secondary N) is 1. The number of nitrogens with zero attached hydrogens (tertiary/aromatic N) is 2. The minimum atomic E-state index is -0.490. The molecule has 24 heavy (non-hydrogen) atoms. The van der Waals surface area contributed by atoms with Gasteiger partial charge in [-0.05, 0) is 19.8 Å². The number of carbonyl (C=O) groups excluding carboxylic acids is 2. The van der Waals surface area contributed by atoms with Crippen LogP contribution in [0, 0.1) is 10.1 Å². The molecule has 1 aliphatic rings. The summed E-state index contributed by atoms with van der Waals surface area (Å²) in [5.41, 5.74) is 0.344. The van der Waals surface area contributed by atoms with Crippen LogP contribution in [0.25, 0.3) is 0 Å². The Bertz CT molecular complexity index is 619. The highest BCUT2D eigenvalue weighted by Crippen LogP contribution is 2.20. The van der Waals surface area contributed by atoms with Crippen LogP contribution in [-0.2, 0) is 16.0 Å². The first-order valence-electron chi connectivity index (χ1n) is 7.94. The topological polar surface area (TPSA) is 102 Å². The molecule has 0 unspecified atom stereocenters. The Hall–Kier alpha value is -2.64. The van der Waals surface area contributed by atoms with E-state index in [1.807, 2.05) is 0 Å². The second-order valence-corrected chi connectivity index (χ2v) is 5.61. The van der Waals surface area contributed by atoms with E-state index in [4.69, 9.17) is 4.74 Å². The zero-order chi connectivity index (χ0) is 17.5. The summed E-state index contributed by atoms with van der Waals surface area (Å²) in [4.78, 5) is 36.1. The number of para-hydroxylation sites is 1. The number of ether oxygens (including phenoxy) is 1. The molecule has 2 amide bonds. The van der Waals surface area contributed by atoms with Crippen molar-refractivity contribution in [3.05, 3.63) is 39.9 Å². The number of benzene rings is 1. The van der Waals surface area contributed by atoms with Gasteiger partial charge in [-0.15, -0.1) is 0 Å². The van der Waals surface area contributed by atoms with Gasteiger partial charge in [-0.1, -0.05) is 18.2 Å². The van der Waals surface area contributed by atoms with Gasteiger partial charge in [-0.3, -0.25) is 14.9 Å². The molecule has 0 radical (unpaired) electrons. The van der Waals surface area contributed by atoms with E-state index >= 15 is 0 Å². The summed E-state index contributed by atoms with van der Waals surface area (Å²) >= 11 is 0. The van der Waals surface area contributed by atoms with Crippen molar-refractivity contribution in [3.8, 4) is 0 Å². The lowest BCUT2D eigenvalue weighted by atomic mass is 10.0. The molecule has 0 spiro atoms. The molecule has 1 fully saturated rings. The molecule has 2 rings (SSSR count). The Labute approximate surface area is 139 Å². The maximum Gasteiger partial charge on any atom is 0.407 e. The van der Waals surface area contributed by atoms with Crippen molar-refractivity contribution in [1.82, 2.24) is 10.2 Å². The maximum atomic E-state index is 12.5. The molecular formula is C16H21N3O5. The van der Waals surface area contributed by atoms with E-state index in [9.17, 15) is 19.7 Å². The molecule has 1 N–H and O–H groups in total. The summed E-state index contributed by atoms with van der Waals surface area (Å²) in [5, 5.41) is 13.8. The van der Waals surface area contributed by atoms with E-state index in [1.54, 1.807) is 30.0 Å². The van der Waals surface area contributed by atoms with Gasteiger partial charge >= 0.3 is 6.09 Å². The smallest absolute Gasteiger partial charge is 0.407 e. The van der Waals surface area contributed by atoms with Crippen LogP contribution < -0.4 is 5.32 Å². The number of hydrogen-bond acceptors (Lipinski definition) is 5. The van der Waals surface area contributed by atoms with E-state index in [1.165, 1.54) is 6.07 Å². The van der Waals surface area contributed by atoms with Gasteiger partial charge in [0.05, 0.1) is 18.0 Å². The highest BCUT2D eigenvalue weighted by atomic mass is 16.6. The van der Waals surface area contributed by atoms with Crippen molar-refractivity contribution in [2.75, 3.05) is 19.7 Å². The van der Waals surface area contributed by atoms with Gasteiger partial charge in [0.1, 0.15) is 0 Å². The molecule has 0 bridgehead atoms. The highest BCUT2D eigenvalue weighted by molar-refractivity contribution is 5.80. The molecule has 0 aliphatic carbocycles. The van der Waals surface area contributed by atoms with Gasteiger partial charge in [0.2, 0.25) is 5.91 Å². The Morgan fingerprint density at radius 2 is 2.17 bits per heavy atom. The number of nitro groups is 1. The van der Waals surface area contributed by atoms with Crippen LogP contribution in [0.15, 0.2) is 24.3 Å². The van der Waals surface area contributed by atoms with Crippen LogP contribution >= 0.6 is 0 Å². The van der Waals surface area contributed by atoms with Crippen molar-refractivity contribution < 1.29 is 19.2 Å². The Kier molecular flexibility index (Phi) is 6.11. The average Bonchev–Trinajstić information content (AvgIpc) is 2.55. The van der Waals surface area contributed by atoms with Crippen LogP contribution in [0.5, 0.6) is 0 Å². The minimum Gasteiger partial charge on any atom is -0.450 e. The van der Waals surface area contributed by atoms with Crippen molar-refractivity contribution in [1.29, 1.82) is 0 Å². The van der Waals surface area contributed by atoms with Crippen LogP contribution in [0.4, 0.5) is 10.5 Å². The quantitative estimate of drug-likeness (QED) is 0.654. The summed E-state index contributed by atoms with van der Waals surface area (Å²) in [6.07, 6.45) is 1.02. The van der Waals surface area contributed by atoms with Crippen LogP contribution in [0.3, 0.4) is 0 Å². The summed E-state index contributed by atoms with van der Waals surface area (Å²) in [6.45, 7) is 2.99. The lowest BCUT2D eigenvalue weighted by Gasteiger charge is -2.33. The van der Waals surface area contributed by atoms with Gasteiger partial charge in [0.25, 0.3) is 5.69 Å². The van der Waals surface area contributed by atoms with Crippen molar-refractivity contribution in [2.24, 2.45) is 0 Å². The summed E-state index contributed by atoms with van der Waals surface area (Å²) < 4.78 is 4.85. The zero-order valence-corrected chi connectivity index (χ0v) is 13.6. The molecule has 130 valence electrons. The van der Waals surface area contributed by atoms with Crippen molar-refractivity contribution in [3.63, 3.8) is 0 Å². The first kappa shape index (κ1) is 17.7. The molecule has 1 saturated heterocycles. The molecule has 1 aromatic rings.